The van der Waals surface area contributed by atoms with Crippen LogP contribution in [0.4, 0.5) is 9.59 Å². The molecule has 10 nitrogen and oxygen atoms in total. The van der Waals surface area contributed by atoms with Crippen molar-refractivity contribution in [3.05, 3.63) is 56.3 Å². The first kappa shape index (κ1) is 20.0. The van der Waals surface area contributed by atoms with Gasteiger partial charge in [0.15, 0.2) is 5.43 Å². The number of ether oxygens (including phenoxy) is 2. The predicted molar refractivity (Wildman–Crippen MR) is 107 cm³/mol. The van der Waals surface area contributed by atoms with Crippen LogP contribution in [0.25, 0.3) is 32.9 Å². The molecule has 0 aliphatic carbocycles. The molecule has 158 valence electrons. The molecule has 0 radical (unpaired) electrons. The van der Waals surface area contributed by atoms with E-state index in [9.17, 15) is 19.2 Å². The number of carbonyl (C=O) groups is 2. The van der Waals surface area contributed by atoms with E-state index in [-0.39, 0.29) is 38.7 Å². The second-order valence-electron chi connectivity index (χ2n) is 6.61. The summed E-state index contributed by atoms with van der Waals surface area (Å²) in [5.41, 5.74) is -0.267. The van der Waals surface area contributed by atoms with Gasteiger partial charge in [-0.15, -0.1) is 0 Å². The lowest BCUT2D eigenvalue weighted by Gasteiger charge is -2.11. The molecule has 0 amide bonds. The maximum atomic E-state index is 13.2. The first-order chi connectivity index (χ1) is 14.8. The highest BCUT2D eigenvalue weighted by atomic mass is 16.7. The zero-order valence-electron chi connectivity index (χ0n) is 16.0. The van der Waals surface area contributed by atoms with Crippen LogP contribution < -0.4 is 20.3 Å². The Bertz CT molecular complexity index is 1490. The van der Waals surface area contributed by atoms with Crippen LogP contribution in [0.1, 0.15) is 18.9 Å². The molecule has 2 aromatic carbocycles. The highest BCUT2D eigenvalue weighted by molar-refractivity contribution is 6.00. The van der Waals surface area contributed by atoms with E-state index in [0.717, 1.165) is 6.07 Å². The van der Waals surface area contributed by atoms with Gasteiger partial charge < -0.3 is 28.5 Å². The predicted octanol–water partition coefficient (Wildman–Crippen LogP) is 4.12. The van der Waals surface area contributed by atoms with E-state index in [1.807, 2.05) is 6.92 Å². The van der Waals surface area contributed by atoms with Crippen LogP contribution >= 0.6 is 0 Å². The number of carboxylic acid groups (broad SMARTS) is 2. The van der Waals surface area contributed by atoms with Gasteiger partial charge in [0.2, 0.25) is 5.43 Å². The second-order valence-corrected chi connectivity index (χ2v) is 6.61. The molecule has 10 heteroatoms. The van der Waals surface area contributed by atoms with Crippen molar-refractivity contribution in [1.29, 1.82) is 0 Å². The first-order valence-corrected chi connectivity index (χ1v) is 9.10. The van der Waals surface area contributed by atoms with Crippen molar-refractivity contribution in [2.45, 2.75) is 19.8 Å². The third kappa shape index (κ3) is 3.54. The second kappa shape index (κ2) is 7.48. The Labute approximate surface area is 171 Å². The molecule has 0 aliphatic rings. The average molecular weight is 426 g/mol. The highest BCUT2D eigenvalue weighted by Crippen LogP contribution is 2.32. The molecule has 2 N–H and O–H groups in total. The first-order valence-electron chi connectivity index (χ1n) is 9.10. The van der Waals surface area contributed by atoms with E-state index in [1.54, 1.807) is 0 Å². The third-order valence-electron chi connectivity index (χ3n) is 4.59. The lowest BCUT2D eigenvalue weighted by atomic mass is 10.0. The van der Waals surface area contributed by atoms with Gasteiger partial charge in [-0.3, -0.25) is 9.59 Å². The largest absolute Gasteiger partial charge is 0.513 e. The molecule has 0 bridgehead atoms. The molecular weight excluding hydrogens is 412 g/mol. The molecule has 4 rings (SSSR count). The van der Waals surface area contributed by atoms with Crippen molar-refractivity contribution in [3.63, 3.8) is 0 Å². The SMILES string of the molecule is CCCc1c2oc(OC(=O)O)cc(=O)c2cc2c(=O)c3cc(OC(=O)O)ccc3oc12. The number of hydrogen-bond acceptors (Lipinski definition) is 8. The fraction of sp³-hybridized carbons (Fsp3) is 0.143. The van der Waals surface area contributed by atoms with Gasteiger partial charge in [-0.25, -0.2) is 9.59 Å². The number of fused-ring (bicyclic) bond motifs is 3. The fourth-order valence-corrected chi connectivity index (χ4v) is 3.41. The molecule has 31 heavy (non-hydrogen) atoms. The maximum absolute atomic E-state index is 13.2. The standard InChI is InChI=1S/C21H14O10/c1-2-3-10-18-11(14(22)8-16(30-18)31-21(26)27)7-13-17(23)12-6-9(28-20(24)25)4-5-15(12)29-19(10)13/h4-8H,2-3H2,1H3,(H,24,25)(H,26,27). The molecule has 0 aliphatic heterocycles. The summed E-state index contributed by atoms with van der Waals surface area (Å²) in [6.07, 6.45) is -2.20. The Hall–Kier alpha value is -4.34. The zero-order chi connectivity index (χ0) is 22.3. The van der Waals surface area contributed by atoms with E-state index in [4.69, 9.17) is 19.0 Å². The molecule has 2 heterocycles. The van der Waals surface area contributed by atoms with E-state index in [1.165, 1.54) is 24.3 Å². The minimum Gasteiger partial charge on any atom is -0.455 e. The van der Waals surface area contributed by atoms with Gasteiger partial charge in [-0.1, -0.05) is 13.3 Å². The Morgan fingerprint density at radius 2 is 1.61 bits per heavy atom. The van der Waals surface area contributed by atoms with Gasteiger partial charge in [0.1, 0.15) is 22.5 Å². The van der Waals surface area contributed by atoms with Crippen molar-refractivity contribution >= 4 is 45.2 Å². The molecule has 4 aromatic rings. The number of rotatable bonds is 4. The van der Waals surface area contributed by atoms with E-state index >= 15 is 0 Å². The lowest BCUT2D eigenvalue weighted by Crippen LogP contribution is -2.10. The molecule has 0 saturated carbocycles. The molecular formula is C21H14O10. The van der Waals surface area contributed by atoms with Gasteiger partial charge in [0.25, 0.3) is 5.95 Å². The quantitative estimate of drug-likeness (QED) is 0.277. The number of hydrogen-bond donors (Lipinski definition) is 2. The van der Waals surface area contributed by atoms with Gasteiger partial charge in [-0.2, -0.15) is 0 Å². The zero-order valence-corrected chi connectivity index (χ0v) is 16.0. The third-order valence-corrected chi connectivity index (χ3v) is 4.59. The summed E-state index contributed by atoms with van der Waals surface area (Å²) in [6.45, 7) is 1.87. The smallest absolute Gasteiger partial charge is 0.455 e. The molecule has 0 saturated heterocycles. The molecule has 0 fully saturated rings. The van der Waals surface area contributed by atoms with Crippen molar-refractivity contribution < 1.29 is 38.1 Å². The lowest BCUT2D eigenvalue weighted by molar-refractivity contribution is 0.133. The molecule has 2 aromatic heterocycles. The van der Waals surface area contributed by atoms with Gasteiger partial charge in [-0.05, 0) is 30.7 Å². The van der Waals surface area contributed by atoms with Crippen LogP contribution in [0.3, 0.4) is 0 Å². The Morgan fingerprint density at radius 1 is 0.903 bits per heavy atom. The van der Waals surface area contributed by atoms with Crippen LogP contribution in [0.15, 0.2) is 48.8 Å². The Kier molecular flexibility index (Phi) is 4.82. The van der Waals surface area contributed by atoms with Gasteiger partial charge >= 0.3 is 12.3 Å². The molecule has 0 unspecified atom stereocenters. The summed E-state index contributed by atoms with van der Waals surface area (Å²) >= 11 is 0. The normalized spacial score (nSPS) is 11.1. The van der Waals surface area contributed by atoms with Crippen molar-refractivity contribution in [2.75, 3.05) is 0 Å². The number of benzene rings is 2. The van der Waals surface area contributed by atoms with E-state index < -0.39 is 29.1 Å². The van der Waals surface area contributed by atoms with Crippen molar-refractivity contribution in [1.82, 2.24) is 0 Å². The van der Waals surface area contributed by atoms with Gasteiger partial charge in [0.05, 0.1) is 22.2 Å². The van der Waals surface area contributed by atoms with E-state index in [0.29, 0.717) is 18.4 Å². The highest BCUT2D eigenvalue weighted by Gasteiger charge is 2.20. The Morgan fingerprint density at radius 3 is 2.29 bits per heavy atom. The van der Waals surface area contributed by atoms with Crippen LogP contribution in [-0.4, -0.2) is 22.5 Å². The van der Waals surface area contributed by atoms with Gasteiger partial charge in [0, 0.05) is 5.56 Å². The minimum absolute atomic E-state index is 0.0540. The average Bonchev–Trinajstić information content (AvgIpc) is 2.69. The van der Waals surface area contributed by atoms with Crippen LogP contribution in [-0.2, 0) is 6.42 Å². The summed E-state index contributed by atoms with van der Waals surface area (Å²) in [4.78, 5) is 47.3. The summed E-state index contributed by atoms with van der Waals surface area (Å²) < 4.78 is 20.5. The van der Waals surface area contributed by atoms with E-state index in [2.05, 4.69) is 9.47 Å². The summed E-state index contributed by atoms with van der Waals surface area (Å²) in [7, 11) is 0. The summed E-state index contributed by atoms with van der Waals surface area (Å²) in [5, 5.41) is 17.8. The van der Waals surface area contributed by atoms with Crippen LogP contribution in [0.2, 0.25) is 0 Å². The van der Waals surface area contributed by atoms with Crippen molar-refractivity contribution in [3.8, 4) is 11.7 Å². The monoisotopic (exact) mass is 426 g/mol. The number of aryl methyl sites for hydroxylation is 1. The van der Waals surface area contributed by atoms with Crippen LogP contribution in [0.5, 0.6) is 11.7 Å². The summed E-state index contributed by atoms with van der Waals surface area (Å²) in [5.74, 6) is -0.559. The summed E-state index contributed by atoms with van der Waals surface area (Å²) in [6, 6.07) is 6.15. The topological polar surface area (TPSA) is 153 Å². The van der Waals surface area contributed by atoms with Crippen molar-refractivity contribution in [2.24, 2.45) is 0 Å². The minimum atomic E-state index is -1.64. The molecule has 0 atom stereocenters. The molecule has 0 spiro atoms. The Balaban J connectivity index is 2.10. The van der Waals surface area contributed by atoms with Crippen LogP contribution in [0, 0.1) is 0 Å². The fourth-order valence-electron chi connectivity index (χ4n) is 3.41. The maximum Gasteiger partial charge on any atom is 0.513 e.